The molecule has 130 valence electrons. The molecular weight excluding hydrogens is 324 g/mol. The number of carbonyl (C=O) groups excluding carboxylic acids is 2. The quantitative estimate of drug-likeness (QED) is 0.482. The van der Waals surface area contributed by atoms with Gasteiger partial charge in [0.15, 0.2) is 0 Å². The summed E-state index contributed by atoms with van der Waals surface area (Å²) in [6.45, 7) is 5.63. The molecule has 0 bridgehead atoms. The normalized spacial score (nSPS) is 21.6. The Morgan fingerprint density at radius 3 is 2.62 bits per heavy atom. The van der Waals surface area contributed by atoms with E-state index in [0.29, 0.717) is 29.0 Å². The molecule has 1 aromatic carbocycles. The predicted octanol–water partition coefficient (Wildman–Crippen LogP) is 5.13. The average Bonchev–Trinajstić information content (AvgIpc) is 2.50. The van der Waals surface area contributed by atoms with Crippen molar-refractivity contribution in [2.75, 3.05) is 0 Å². The number of ether oxygens (including phenoxy) is 1. The highest BCUT2D eigenvalue weighted by molar-refractivity contribution is 6.33. The molecule has 24 heavy (non-hydrogen) atoms. The number of hydrogen-bond donors (Lipinski definition) is 0. The van der Waals surface area contributed by atoms with Crippen LogP contribution in [0.1, 0.15) is 66.1 Å². The zero-order chi connectivity index (χ0) is 17.7. The van der Waals surface area contributed by atoms with Crippen molar-refractivity contribution in [3.8, 4) is 0 Å². The van der Waals surface area contributed by atoms with Gasteiger partial charge in [-0.25, -0.2) is 4.79 Å². The first kappa shape index (κ1) is 18.7. The van der Waals surface area contributed by atoms with E-state index < -0.39 is 5.97 Å². The Kier molecular flexibility index (Phi) is 6.61. The van der Waals surface area contributed by atoms with E-state index in [-0.39, 0.29) is 18.3 Å². The van der Waals surface area contributed by atoms with Gasteiger partial charge in [-0.2, -0.15) is 0 Å². The number of Topliss-reactive ketones (excluding diaryl/α,β-unsaturated/α-hetero) is 1. The van der Waals surface area contributed by atoms with Crippen LogP contribution < -0.4 is 0 Å². The summed E-state index contributed by atoms with van der Waals surface area (Å²) in [5.74, 6) is -0.278. The Bertz CT molecular complexity index is 661. The number of benzene rings is 1. The highest BCUT2D eigenvalue weighted by Crippen LogP contribution is 2.29. The molecule has 0 saturated heterocycles. The first-order chi connectivity index (χ1) is 11.4. The van der Waals surface area contributed by atoms with Crippen LogP contribution in [0.5, 0.6) is 0 Å². The van der Waals surface area contributed by atoms with Gasteiger partial charge in [-0.05, 0) is 56.7 Å². The average molecular weight is 349 g/mol. The molecule has 1 heterocycles. The SMILES string of the molecule is Cc1cc(C)c2c(c1Cl)CC(=O)CCCC/C=C/C[C@@H](C)OC2=O. The van der Waals surface area contributed by atoms with Gasteiger partial charge < -0.3 is 4.74 Å². The maximum atomic E-state index is 12.7. The van der Waals surface area contributed by atoms with Crippen molar-refractivity contribution >= 4 is 23.4 Å². The van der Waals surface area contributed by atoms with Crippen LogP contribution in [0, 0.1) is 13.8 Å². The van der Waals surface area contributed by atoms with Crippen molar-refractivity contribution in [1.82, 2.24) is 0 Å². The highest BCUT2D eigenvalue weighted by atomic mass is 35.5. The van der Waals surface area contributed by atoms with Crippen molar-refractivity contribution in [3.05, 3.63) is 45.5 Å². The van der Waals surface area contributed by atoms with Crippen LogP contribution >= 0.6 is 11.6 Å². The van der Waals surface area contributed by atoms with Crippen LogP contribution in [0.4, 0.5) is 0 Å². The number of rotatable bonds is 0. The first-order valence-corrected chi connectivity index (χ1v) is 8.94. The molecule has 1 aromatic rings. The molecule has 0 aliphatic carbocycles. The van der Waals surface area contributed by atoms with Gasteiger partial charge in [-0.1, -0.05) is 29.8 Å². The molecule has 0 amide bonds. The largest absolute Gasteiger partial charge is 0.459 e. The topological polar surface area (TPSA) is 43.4 Å². The summed E-state index contributed by atoms with van der Waals surface area (Å²) in [5, 5.41) is 0.501. The van der Waals surface area contributed by atoms with Gasteiger partial charge in [0.1, 0.15) is 11.9 Å². The standard InChI is InChI=1S/C20H25ClO3/c1-13-11-14(2)19(21)17-12-16(22)10-8-6-4-5-7-9-15(3)24-20(23)18(13)17/h5,7,11,15H,4,6,8-10,12H2,1-3H3/b7-5+/t15-/m1/s1. The van der Waals surface area contributed by atoms with E-state index >= 15 is 0 Å². The maximum absolute atomic E-state index is 12.7. The van der Waals surface area contributed by atoms with Crippen LogP contribution in [-0.2, 0) is 16.0 Å². The molecule has 0 spiro atoms. The van der Waals surface area contributed by atoms with Crippen molar-refractivity contribution in [2.24, 2.45) is 0 Å². The number of aryl methyl sites for hydroxylation is 2. The second kappa shape index (κ2) is 8.48. The van der Waals surface area contributed by atoms with Crippen LogP contribution in [0.15, 0.2) is 18.2 Å². The zero-order valence-electron chi connectivity index (χ0n) is 14.7. The zero-order valence-corrected chi connectivity index (χ0v) is 15.4. The minimum atomic E-state index is -0.393. The Balaban J connectivity index is 2.43. The van der Waals surface area contributed by atoms with Crippen LogP contribution in [0.2, 0.25) is 5.02 Å². The lowest BCUT2D eigenvalue weighted by Crippen LogP contribution is -2.19. The molecule has 0 unspecified atom stereocenters. The van der Waals surface area contributed by atoms with Crippen molar-refractivity contribution in [1.29, 1.82) is 0 Å². The Hall–Kier alpha value is -1.61. The van der Waals surface area contributed by atoms with E-state index in [9.17, 15) is 9.59 Å². The third kappa shape index (κ3) is 4.70. The first-order valence-electron chi connectivity index (χ1n) is 8.56. The number of fused-ring (bicyclic) bond motifs is 1. The molecule has 1 atom stereocenters. The fourth-order valence-corrected chi connectivity index (χ4v) is 3.28. The van der Waals surface area contributed by atoms with Crippen molar-refractivity contribution in [3.63, 3.8) is 0 Å². The lowest BCUT2D eigenvalue weighted by Gasteiger charge is -2.18. The fraction of sp³-hybridized carbons (Fsp3) is 0.500. The van der Waals surface area contributed by atoms with Crippen LogP contribution in [0.3, 0.4) is 0 Å². The highest BCUT2D eigenvalue weighted by Gasteiger charge is 2.23. The lowest BCUT2D eigenvalue weighted by atomic mass is 9.93. The Morgan fingerprint density at radius 1 is 1.12 bits per heavy atom. The van der Waals surface area contributed by atoms with E-state index in [1.807, 2.05) is 32.9 Å². The molecule has 0 radical (unpaired) electrons. The number of ketones is 1. The number of hydrogen-bond acceptors (Lipinski definition) is 3. The van der Waals surface area contributed by atoms with Gasteiger partial charge in [-0.3, -0.25) is 4.79 Å². The van der Waals surface area contributed by atoms with Gasteiger partial charge in [0.25, 0.3) is 0 Å². The van der Waals surface area contributed by atoms with Crippen molar-refractivity contribution in [2.45, 2.75) is 65.4 Å². The molecule has 4 heteroatoms. The molecule has 0 aromatic heterocycles. The number of esters is 1. The Morgan fingerprint density at radius 2 is 1.88 bits per heavy atom. The third-order valence-corrected chi connectivity index (χ3v) is 4.86. The van der Waals surface area contributed by atoms with E-state index in [2.05, 4.69) is 6.08 Å². The van der Waals surface area contributed by atoms with Gasteiger partial charge in [-0.15, -0.1) is 0 Å². The molecule has 0 N–H and O–H groups in total. The summed E-state index contributed by atoms with van der Waals surface area (Å²) in [6, 6.07) is 1.88. The molecular formula is C20H25ClO3. The molecule has 0 fully saturated rings. The second-order valence-corrected chi connectivity index (χ2v) is 6.94. The van der Waals surface area contributed by atoms with Gasteiger partial charge in [0.2, 0.25) is 0 Å². The summed E-state index contributed by atoms with van der Waals surface area (Å²) < 4.78 is 5.57. The summed E-state index contributed by atoms with van der Waals surface area (Å²) in [6.07, 6.45) is 8.13. The van der Waals surface area contributed by atoms with E-state index in [4.69, 9.17) is 16.3 Å². The number of carbonyl (C=O) groups is 2. The molecule has 0 saturated carbocycles. The monoisotopic (exact) mass is 348 g/mol. The number of halogens is 1. The summed E-state index contributed by atoms with van der Waals surface area (Å²) in [4.78, 5) is 25.0. The maximum Gasteiger partial charge on any atom is 0.339 e. The van der Waals surface area contributed by atoms with Gasteiger partial charge in [0, 0.05) is 24.3 Å². The summed E-state index contributed by atoms with van der Waals surface area (Å²) >= 11 is 6.43. The Labute approximate surface area is 149 Å². The summed E-state index contributed by atoms with van der Waals surface area (Å²) in [7, 11) is 0. The minimum absolute atomic E-state index is 0.116. The fourth-order valence-electron chi connectivity index (χ4n) is 3.06. The van der Waals surface area contributed by atoms with Gasteiger partial charge >= 0.3 is 5.97 Å². The minimum Gasteiger partial charge on any atom is -0.459 e. The molecule has 1 aliphatic heterocycles. The third-order valence-electron chi connectivity index (χ3n) is 4.34. The van der Waals surface area contributed by atoms with Crippen LogP contribution in [-0.4, -0.2) is 17.9 Å². The van der Waals surface area contributed by atoms with Crippen LogP contribution in [0.25, 0.3) is 0 Å². The predicted molar refractivity (Wildman–Crippen MR) is 96.7 cm³/mol. The lowest BCUT2D eigenvalue weighted by molar-refractivity contribution is -0.118. The molecule has 3 nitrogen and oxygen atoms in total. The summed E-state index contributed by atoms with van der Waals surface area (Å²) in [5.41, 5.74) is 2.75. The number of cyclic esters (lactones) is 1. The number of allylic oxidation sites excluding steroid dienone is 1. The molecule has 1 aliphatic rings. The second-order valence-electron chi connectivity index (χ2n) is 6.56. The van der Waals surface area contributed by atoms with Crippen molar-refractivity contribution < 1.29 is 14.3 Å². The van der Waals surface area contributed by atoms with E-state index in [0.717, 1.165) is 30.4 Å². The molecule has 2 rings (SSSR count). The van der Waals surface area contributed by atoms with Gasteiger partial charge in [0.05, 0.1) is 5.56 Å². The van der Waals surface area contributed by atoms with E-state index in [1.54, 1.807) is 0 Å². The smallest absolute Gasteiger partial charge is 0.339 e. The van der Waals surface area contributed by atoms with E-state index in [1.165, 1.54) is 0 Å².